The van der Waals surface area contributed by atoms with E-state index < -0.39 is 23.6 Å². The molecular formula is C10H9F2N3O2. The van der Waals surface area contributed by atoms with Crippen LogP contribution in [0.1, 0.15) is 19.4 Å². The highest BCUT2D eigenvalue weighted by atomic mass is 19.2. The predicted molar refractivity (Wildman–Crippen MR) is 54.4 cm³/mol. The number of aromatic nitrogens is 3. The van der Waals surface area contributed by atoms with Gasteiger partial charge in [-0.2, -0.15) is 15.0 Å². The fraction of sp³-hybridized carbons (Fsp3) is 0.300. The van der Waals surface area contributed by atoms with Crippen LogP contribution in [-0.2, 0) is 4.79 Å². The maximum atomic E-state index is 12.9. The summed E-state index contributed by atoms with van der Waals surface area (Å²) >= 11 is 0. The number of carboxylic acids is 1. The largest absolute Gasteiger partial charge is 0.480 e. The highest BCUT2D eigenvalue weighted by Gasteiger charge is 2.20. The second kappa shape index (κ2) is 4.08. The van der Waals surface area contributed by atoms with E-state index in [2.05, 4.69) is 10.2 Å². The van der Waals surface area contributed by atoms with E-state index in [-0.39, 0.29) is 17.5 Å². The van der Waals surface area contributed by atoms with E-state index in [1.165, 1.54) is 0 Å². The fourth-order valence-electron chi connectivity index (χ4n) is 1.51. The van der Waals surface area contributed by atoms with Crippen molar-refractivity contribution in [2.75, 3.05) is 0 Å². The minimum atomic E-state index is -1.09. The Morgan fingerprint density at radius 3 is 2.18 bits per heavy atom. The van der Waals surface area contributed by atoms with E-state index in [4.69, 9.17) is 5.11 Å². The lowest BCUT2D eigenvalue weighted by molar-refractivity contribution is -0.141. The van der Waals surface area contributed by atoms with Crippen LogP contribution in [0, 0.1) is 11.6 Å². The molecule has 0 saturated heterocycles. The zero-order chi connectivity index (χ0) is 12.6. The number of carbonyl (C=O) groups is 1. The molecule has 0 amide bonds. The Balaban J connectivity index is 2.54. The molecule has 17 heavy (non-hydrogen) atoms. The lowest BCUT2D eigenvalue weighted by atomic mass is 10.2. The molecule has 1 aromatic heterocycles. The van der Waals surface area contributed by atoms with E-state index in [1.807, 2.05) is 0 Å². The number of fused-ring (bicyclic) bond motifs is 1. The van der Waals surface area contributed by atoms with Gasteiger partial charge in [0.1, 0.15) is 11.0 Å². The molecule has 1 atom stereocenters. The number of aliphatic carboxylic acids is 1. The van der Waals surface area contributed by atoms with Gasteiger partial charge < -0.3 is 5.11 Å². The number of benzene rings is 1. The van der Waals surface area contributed by atoms with Gasteiger partial charge in [-0.3, -0.25) is 0 Å². The summed E-state index contributed by atoms with van der Waals surface area (Å²) in [4.78, 5) is 11.9. The fourth-order valence-corrected chi connectivity index (χ4v) is 1.51. The Bertz CT molecular complexity index is 543. The molecule has 1 N–H and O–H groups in total. The van der Waals surface area contributed by atoms with Crippen molar-refractivity contribution in [3.8, 4) is 0 Å². The van der Waals surface area contributed by atoms with Gasteiger partial charge in [-0.25, -0.2) is 13.6 Å². The Morgan fingerprint density at radius 2 is 1.82 bits per heavy atom. The highest BCUT2D eigenvalue weighted by Crippen LogP contribution is 2.17. The summed E-state index contributed by atoms with van der Waals surface area (Å²) in [5, 5.41) is 16.6. The van der Waals surface area contributed by atoms with Crippen LogP contribution in [0.4, 0.5) is 8.78 Å². The minimum Gasteiger partial charge on any atom is -0.480 e. The van der Waals surface area contributed by atoms with Crippen molar-refractivity contribution in [2.24, 2.45) is 0 Å². The van der Waals surface area contributed by atoms with Gasteiger partial charge in [0.05, 0.1) is 0 Å². The molecule has 2 aromatic rings. The summed E-state index contributed by atoms with van der Waals surface area (Å²) in [5.74, 6) is -3.16. The Hall–Kier alpha value is -2.05. The van der Waals surface area contributed by atoms with E-state index >= 15 is 0 Å². The van der Waals surface area contributed by atoms with Gasteiger partial charge in [0.25, 0.3) is 0 Å². The molecule has 90 valence electrons. The molecule has 0 aliphatic rings. The summed E-state index contributed by atoms with van der Waals surface area (Å²) in [7, 11) is 0. The normalized spacial score (nSPS) is 12.9. The first kappa shape index (κ1) is 11.4. The second-order valence-electron chi connectivity index (χ2n) is 3.54. The number of nitrogens with zero attached hydrogens (tertiary/aromatic N) is 3. The lowest BCUT2D eigenvalue weighted by Gasteiger charge is -2.06. The quantitative estimate of drug-likeness (QED) is 0.888. The first-order valence-corrected chi connectivity index (χ1v) is 4.97. The summed E-state index contributed by atoms with van der Waals surface area (Å²) in [6, 6.07) is 0.847. The molecule has 1 heterocycles. The molecule has 5 nitrogen and oxygen atoms in total. The van der Waals surface area contributed by atoms with Crippen LogP contribution in [0.2, 0.25) is 0 Å². The van der Waals surface area contributed by atoms with Crippen molar-refractivity contribution in [3.63, 3.8) is 0 Å². The van der Waals surface area contributed by atoms with Crippen molar-refractivity contribution < 1.29 is 18.7 Å². The number of rotatable bonds is 3. The first-order chi connectivity index (χ1) is 8.02. The van der Waals surface area contributed by atoms with Crippen LogP contribution >= 0.6 is 0 Å². The molecule has 0 aliphatic carbocycles. The van der Waals surface area contributed by atoms with Crippen LogP contribution in [0.5, 0.6) is 0 Å². The van der Waals surface area contributed by atoms with Gasteiger partial charge >= 0.3 is 5.97 Å². The Labute approximate surface area is 94.7 Å². The molecule has 7 heteroatoms. The van der Waals surface area contributed by atoms with Crippen molar-refractivity contribution in [1.82, 2.24) is 15.0 Å². The predicted octanol–water partition coefficient (Wildman–Crippen LogP) is 1.75. The highest BCUT2D eigenvalue weighted by molar-refractivity contribution is 5.75. The lowest BCUT2D eigenvalue weighted by Crippen LogP contribution is -2.20. The molecule has 0 aliphatic heterocycles. The molecule has 1 aromatic carbocycles. The summed E-state index contributed by atoms with van der Waals surface area (Å²) in [6.07, 6.45) is 0.279. The number of carboxylic acid groups (broad SMARTS) is 1. The molecule has 0 spiro atoms. The van der Waals surface area contributed by atoms with Gasteiger partial charge in [0, 0.05) is 12.1 Å². The Kier molecular flexibility index (Phi) is 2.74. The molecule has 0 saturated carbocycles. The van der Waals surface area contributed by atoms with E-state index in [0.29, 0.717) is 0 Å². The van der Waals surface area contributed by atoms with Crippen molar-refractivity contribution in [1.29, 1.82) is 0 Å². The van der Waals surface area contributed by atoms with Gasteiger partial charge in [-0.15, -0.1) is 0 Å². The van der Waals surface area contributed by atoms with Crippen LogP contribution in [0.3, 0.4) is 0 Å². The number of hydrogen-bond acceptors (Lipinski definition) is 3. The number of hydrogen-bond donors (Lipinski definition) is 1. The topological polar surface area (TPSA) is 68.0 Å². The molecule has 0 radical (unpaired) electrons. The zero-order valence-corrected chi connectivity index (χ0v) is 8.89. The average Bonchev–Trinajstić information content (AvgIpc) is 2.61. The van der Waals surface area contributed by atoms with E-state index in [1.54, 1.807) is 6.92 Å². The van der Waals surface area contributed by atoms with Crippen LogP contribution in [0.25, 0.3) is 11.0 Å². The third-order valence-electron chi connectivity index (χ3n) is 2.39. The van der Waals surface area contributed by atoms with Gasteiger partial charge in [-0.1, -0.05) is 6.92 Å². The van der Waals surface area contributed by atoms with Gasteiger partial charge in [0.2, 0.25) is 0 Å². The average molecular weight is 241 g/mol. The zero-order valence-electron chi connectivity index (χ0n) is 8.89. The van der Waals surface area contributed by atoms with Crippen LogP contribution < -0.4 is 0 Å². The van der Waals surface area contributed by atoms with E-state index in [0.717, 1.165) is 16.9 Å². The summed E-state index contributed by atoms with van der Waals surface area (Å²) in [5.41, 5.74) is 0.257. The maximum absolute atomic E-state index is 12.9. The molecular weight excluding hydrogens is 232 g/mol. The molecule has 0 fully saturated rings. The SMILES string of the molecule is CCC(C(=O)O)n1nc2cc(F)c(F)cc2n1. The summed E-state index contributed by atoms with van der Waals surface area (Å²) < 4.78 is 25.9. The third kappa shape index (κ3) is 1.95. The molecule has 0 bridgehead atoms. The molecule has 2 rings (SSSR count). The van der Waals surface area contributed by atoms with Gasteiger partial charge in [0.15, 0.2) is 17.7 Å². The van der Waals surface area contributed by atoms with Crippen LogP contribution in [0.15, 0.2) is 12.1 Å². The smallest absolute Gasteiger partial charge is 0.330 e. The minimum absolute atomic E-state index is 0.128. The standard InChI is InChI=1S/C10H9F2N3O2/c1-2-9(10(16)17)15-13-7-3-5(11)6(12)4-8(7)14-15/h3-4,9H,2H2,1H3,(H,16,17). The maximum Gasteiger partial charge on any atom is 0.330 e. The van der Waals surface area contributed by atoms with Crippen LogP contribution in [-0.4, -0.2) is 26.1 Å². The third-order valence-corrected chi connectivity index (χ3v) is 2.39. The second-order valence-corrected chi connectivity index (χ2v) is 3.54. The Morgan fingerprint density at radius 1 is 1.35 bits per heavy atom. The molecule has 1 unspecified atom stereocenters. The monoisotopic (exact) mass is 241 g/mol. The van der Waals surface area contributed by atoms with Gasteiger partial charge in [-0.05, 0) is 6.42 Å². The summed E-state index contributed by atoms with van der Waals surface area (Å²) in [6.45, 7) is 1.66. The number of halogens is 2. The van der Waals surface area contributed by atoms with Crippen molar-refractivity contribution >= 4 is 17.0 Å². The van der Waals surface area contributed by atoms with E-state index in [9.17, 15) is 13.6 Å². The van der Waals surface area contributed by atoms with Crippen molar-refractivity contribution in [3.05, 3.63) is 23.8 Å². The van der Waals surface area contributed by atoms with Crippen molar-refractivity contribution in [2.45, 2.75) is 19.4 Å². The first-order valence-electron chi connectivity index (χ1n) is 4.97.